The van der Waals surface area contributed by atoms with Crippen molar-refractivity contribution in [2.24, 2.45) is 0 Å². The Hall–Kier alpha value is -1.85. The Balaban J connectivity index is 4.06. The highest BCUT2D eigenvalue weighted by Crippen LogP contribution is 2.17. The minimum absolute atomic E-state index is 0.0669. The van der Waals surface area contributed by atoms with Gasteiger partial charge in [0.2, 0.25) is 0 Å². The van der Waals surface area contributed by atoms with Crippen molar-refractivity contribution in [3.05, 3.63) is 12.2 Å². The summed E-state index contributed by atoms with van der Waals surface area (Å²) in [5.74, 6) is -0.863. The first-order chi connectivity index (χ1) is 31.0. The van der Waals surface area contributed by atoms with Crippen LogP contribution < -0.4 is 0 Å². The maximum absolute atomic E-state index is 12.8. The lowest BCUT2D eigenvalue weighted by Gasteiger charge is -2.18. The molecular formula is C57H108O6. The van der Waals surface area contributed by atoms with Gasteiger partial charge >= 0.3 is 17.9 Å². The number of carbonyl (C=O) groups excluding carboxylic acids is 3. The van der Waals surface area contributed by atoms with Crippen LogP contribution >= 0.6 is 0 Å². The molecule has 0 aliphatic carbocycles. The topological polar surface area (TPSA) is 78.9 Å². The molecule has 1 atom stereocenters. The van der Waals surface area contributed by atoms with Gasteiger partial charge in [0.05, 0.1) is 0 Å². The molecule has 6 heteroatoms. The van der Waals surface area contributed by atoms with Crippen LogP contribution in [0.4, 0.5) is 0 Å². The molecule has 0 aromatic heterocycles. The van der Waals surface area contributed by atoms with Gasteiger partial charge in [-0.3, -0.25) is 14.4 Å². The van der Waals surface area contributed by atoms with E-state index in [1.165, 1.54) is 212 Å². The van der Waals surface area contributed by atoms with Crippen LogP contribution in [0.1, 0.15) is 316 Å². The molecule has 0 aromatic rings. The zero-order valence-electron chi connectivity index (χ0n) is 42.6. The first-order valence-corrected chi connectivity index (χ1v) is 28.2. The number of allylic oxidation sites excluding steroid dienone is 2. The maximum Gasteiger partial charge on any atom is 0.306 e. The molecule has 0 heterocycles. The molecule has 0 aliphatic heterocycles. The molecule has 0 saturated carbocycles. The summed E-state index contributed by atoms with van der Waals surface area (Å²) in [7, 11) is 0. The number of rotatable bonds is 52. The number of esters is 3. The van der Waals surface area contributed by atoms with Crippen LogP contribution in [0.5, 0.6) is 0 Å². The third-order valence-corrected chi connectivity index (χ3v) is 12.8. The molecular weight excluding hydrogens is 781 g/mol. The third kappa shape index (κ3) is 51.0. The number of hydrogen-bond donors (Lipinski definition) is 0. The van der Waals surface area contributed by atoms with Crippen LogP contribution in [0.25, 0.3) is 0 Å². The second-order valence-corrected chi connectivity index (χ2v) is 19.2. The molecule has 6 nitrogen and oxygen atoms in total. The van der Waals surface area contributed by atoms with Crippen LogP contribution in [0.2, 0.25) is 0 Å². The Labute approximate surface area is 392 Å². The van der Waals surface area contributed by atoms with Crippen molar-refractivity contribution in [3.63, 3.8) is 0 Å². The summed E-state index contributed by atoms with van der Waals surface area (Å²) in [6.45, 7) is 6.61. The molecule has 0 amide bonds. The molecule has 0 aromatic carbocycles. The standard InChI is InChI=1S/C57H108O6/c1-4-7-10-13-15-17-19-21-23-25-27-28-30-31-33-35-37-39-41-44-47-50-56(59)62-53-54(52-61-55(58)49-46-43-12-9-6-3)63-57(60)51-48-45-42-40-38-36-34-32-29-26-24-22-20-18-16-14-11-8-5-2/h25,27,54H,4-24,26,28-53H2,1-3H3/b27-25-. The van der Waals surface area contributed by atoms with Gasteiger partial charge in [0.15, 0.2) is 6.10 Å². The van der Waals surface area contributed by atoms with Gasteiger partial charge < -0.3 is 14.2 Å². The van der Waals surface area contributed by atoms with Gasteiger partial charge in [-0.1, -0.05) is 264 Å². The molecule has 0 radical (unpaired) electrons. The van der Waals surface area contributed by atoms with E-state index in [1.54, 1.807) is 0 Å². The molecule has 372 valence electrons. The Morgan fingerprint density at radius 3 is 0.794 bits per heavy atom. The van der Waals surface area contributed by atoms with E-state index in [1.807, 2.05) is 0 Å². The van der Waals surface area contributed by atoms with E-state index in [9.17, 15) is 14.4 Å². The van der Waals surface area contributed by atoms with Gasteiger partial charge in [0.25, 0.3) is 0 Å². The molecule has 0 rings (SSSR count). The van der Waals surface area contributed by atoms with Crippen molar-refractivity contribution in [2.45, 2.75) is 322 Å². The Morgan fingerprint density at radius 2 is 0.524 bits per heavy atom. The first kappa shape index (κ1) is 61.1. The van der Waals surface area contributed by atoms with Crippen molar-refractivity contribution in [2.75, 3.05) is 13.2 Å². The van der Waals surface area contributed by atoms with Crippen LogP contribution in [0, 0.1) is 0 Å². The van der Waals surface area contributed by atoms with Gasteiger partial charge in [0.1, 0.15) is 13.2 Å². The average molecular weight is 889 g/mol. The SMILES string of the molecule is CCCCCCCCCC/C=C\CCCCCCCCCCCC(=O)OCC(COC(=O)CCCCCCC)OC(=O)CCCCCCCCCCCCCCCCCCCCC. The fourth-order valence-electron chi connectivity index (χ4n) is 8.50. The summed E-state index contributed by atoms with van der Waals surface area (Å²) in [4.78, 5) is 37.8. The van der Waals surface area contributed by atoms with E-state index in [0.29, 0.717) is 19.3 Å². The van der Waals surface area contributed by atoms with Crippen molar-refractivity contribution in [3.8, 4) is 0 Å². The lowest BCUT2D eigenvalue weighted by atomic mass is 10.0. The van der Waals surface area contributed by atoms with Crippen LogP contribution in [0.3, 0.4) is 0 Å². The minimum Gasteiger partial charge on any atom is -0.462 e. The number of unbranched alkanes of at least 4 members (excludes halogenated alkanes) is 39. The quantitative estimate of drug-likeness (QED) is 0.0262. The number of hydrogen-bond acceptors (Lipinski definition) is 6. The molecule has 1 unspecified atom stereocenters. The summed E-state index contributed by atoms with van der Waals surface area (Å²) in [6.07, 6.45) is 59.6. The lowest BCUT2D eigenvalue weighted by Crippen LogP contribution is -2.30. The van der Waals surface area contributed by atoms with E-state index in [2.05, 4.69) is 32.9 Å². The highest BCUT2D eigenvalue weighted by Gasteiger charge is 2.19. The molecule has 0 bridgehead atoms. The van der Waals surface area contributed by atoms with Crippen molar-refractivity contribution in [1.82, 2.24) is 0 Å². The van der Waals surface area contributed by atoms with Crippen molar-refractivity contribution >= 4 is 17.9 Å². The Kier molecular flexibility index (Phi) is 51.2. The van der Waals surface area contributed by atoms with E-state index < -0.39 is 6.10 Å². The normalized spacial score (nSPS) is 12.0. The highest BCUT2D eigenvalue weighted by molar-refractivity contribution is 5.71. The fraction of sp³-hybridized carbons (Fsp3) is 0.912. The molecule has 63 heavy (non-hydrogen) atoms. The molecule has 0 spiro atoms. The maximum atomic E-state index is 12.8. The summed E-state index contributed by atoms with van der Waals surface area (Å²) >= 11 is 0. The lowest BCUT2D eigenvalue weighted by molar-refractivity contribution is -0.167. The van der Waals surface area contributed by atoms with Crippen LogP contribution in [-0.4, -0.2) is 37.2 Å². The van der Waals surface area contributed by atoms with Crippen molar-refractivity contribution in [1.29, 1.82) is 0 Å². The summed E-state index contributed by atoms with van der Waals surface area (Å²) in [5, 5.41) is 0. The number of ether oxygens (including phenoxy) is 3. The van der Waals surface area contributed by atoms with Crippen LogP contribution in [0.15, 0.2) is 12.2 Å². The number of carbonyl (C=O) groups is 3. The van der Waals surface area contributed by atoms with E-state index in [4.69, 9.17) is 14.2 Å². The predicted molar refractivity (Wildman–Crippen MR) is 270 cm³/mol. The zero-order valence-corrected chi connectivity index (χ0v) is 42.6. The Morgan fingerprint density at radius 1 is 0.302 bits per heavy atom. The second kappa shape index (κ2) is 52.8. The highest BCUT2D eigenvalue weighted by atomic mass is 16.6. The Bertz CT molecular complexity index is 978. The average Bonchev–Trinajstić information content (AvgIpc) is 3.28. The van der Waals surface area contributed by atoms with Gasteiger partial charge in [-0.2, -0.15) is 0 Å². The largest absolute Gasteiger partial charge is 0.462 e. The van der Waals surface area contributed by atoms with E-state index in [0.717, 1.165) is 64.2 Å². The fourth-order valence-corrected chi connectivity index (χ4v) is 8.50. The summed E-state index contributed by atoms with van der Waals surface area (Å²) in [5.41, 5.74) is 0. The first-order valence-electron chi connectivity index (χ1n) is 28.2. The second-order valence-electron chi connectivity index (χ2n) is 19.2. The monoisotopic (exact) mass is 889 g/mol. The van der Waals surface area contributed by atoms with Gasteiger partial charge in [0, 0.05) is 19.3 Å². The molecule has 0 fully saturated rings. The zero-order chi connectivity index (χ0) is 45.8. The van der Waals surface area contributed by atoms with Crippen molar-refractivity contribution < 1.29 is 28.6 Å². The minimum atomic E-state index is -0.762. The van der Waals surface area contributed by atoms with Gasteiger partial charge in [-0.25, -0.2) is 0 Å². The summed E-state index contributed by atoms with van der Waals surface area (Å²) in [6, 6.07) is 0. The van der Waals surface area contributed by atoms with Gasteiger partial charge in [-0.05, 0) is 44.9 Å². The molecule has 0 N–H and O–H groups in total. The predicted octanol–water partition coefficient (Wildman–Crippen LogP) is 18.5. The molecule has 0 aliphatic rings. The molecule has 0 saturated heterocycles. The van der Waals surface area contributed by atoms with Gasteiger partial charge in [-0.15, -0.1) is 0 Å². The smallest absolute Gasteiger partial charge is 0.306 e. The summed E-state index contributed by atoms with van der Waals surface area (Å²) < 4.78 is 16.7. The van der Waals surface area contributed by atoms with Crippen LogP contribution in [-0.2, 0) is 28.6 Å². The third-order valence-electron chi connectivity index (χ3n) is 12.8. The van der Waals surface area contributed by atoms with E-state index in [-0.39, 0.29) is 31.1 Å². The van der Waals surface area contributed by atoms with E-state index >= 15 is 0 Å².